The van der Waals surface area contributed by atoms with Gasteiger partial charge < -0.3 is 10.6 Å². The van der Waals surface area contributed by atoms with Gasteiger partial charge in [-0.05, 0) is 30.5 Å². The monoisotopic (exact) mass is 372 g/mol. The molecule has 1 aliphatic rings. The zero-order valence-electron chi connectivity index (χ0n) is 15.0. The molecule has 1 saturated heterocycles. The van der Waals surface area contributed by atoms with Crippen LogP contribution in [0, 0.1) is 5.82 Å². The van der Waals surface area contributed by atoms with Crippen molar-refractivity contribution in [3.05, 3.63) is 56.5 Å². The standard InChI is InChI=1S/C18H21FN6O2/c1-23-15-14(16(26)22-18(23)27)25(9-11-4-2-5-12(19)8-11)17(21-15)24-7-3-6-13(20)10-24/h2,4-5,8,13H,3,6-7,9-10,20H2,1H3,(H,22,26,27). The van der Waals surface area contributed by atoms with Crippen LogP contribution >= 0.6 is 0 Å². The maximum atomic E-state index is 13.6. The zero-order valence-corrected chi connectivity index (χ0v) is 15.0. The van der Waals surface area contributed by atoms with Crippen LogP contribution < -0.4 is 21.9 Å². The summed E-state index contributed by atoms with van der Waals surface area (Å²) in [7, 11) is 1.56. The quantitative estimate of drug-likeness (QED) is 0.699. The normalized spacial score (nSPS) is 17.6. The Morgan fingerprint density at radius 2 is 2.19 bits per heavy atom. The summed E-state index contributed by atoms with van der Waals surface area (Å²) in [5.74, 6) is 0.218. The maximum absolute atomic E-state index is 13.6. The molecule has 0 saturated carbocycles. The third-order valence-corrected chi connectivity index (χ3v) is 4.96. The highest BCUT2D eigenvalue weighted by molar-refractivity contribution is 5.74. The molecular formula is C18H21FN6O2. The smallest absolute Gasteiger partial charge is 0.329 e. The van der Waals surface area contributed by atoms with Gasteiger partial charge in [-0.3, -0.25) is 18.9 Å². The average Bonchev–Trinajstić information content (AvgIpc) is 3.00. The summed E-state index contributed by atoms with van der Waals surface area (Å²) >= 11 is 0. The Bertz CT molecular complexity index is 1120. The van der Waals surface area contributed by atoms with Gasteiger partial charge in [-0.25, -0.2) is 9.18 Å². The number of rotatable bonds is 3. The highest BCUT2D eigenvalue weighted by atomic mass is 19.1. The fourth-order valence-corrected chi connectivity index (χ4v) is 3.62. The molecular weight excluding hydrogens is 351 g/mol. The number of hydrogen-bond acceptors (Lipinski definition) is 5. The minimum Gasteiger partial charge on any atom is -0.341 e. The van der Waals surface area contributed by atoms with Crippen molar-refractivity contribution in [2.45, 2.75) is 25.4 Å². The molecule has 142 valence electrons. The third kappa shape index (κ3) is 3.14. The van der Waals surface area contributed by atoms with Crippen LogP contribution in [-0.4, -0.2) is 38.2 Å². The Balaban J connectivity index is 1.92. The van der Waals surface area contributed by atoms with Crippen LogP contribution in [0.15, 0.2) is 33.9 Å². The predicted molar refractivity (Wildman–Crippen MR) is 101 cm³/mol. The number of H-pyrrole nitrogens is 1. The first kappa shape index (κ1) is 17.5. The molecule has 2 aromatic heterocycles. The molecule has 4 rings (SSSR count). The molecule has 3 aromatic rings. The first-order valence-electron chi connectivity index (χ1n) is 8.88. The lowest BCUT2D eigenvalue weighted by atomic mass is 10.1. The SMILES string of the molecule is Cn1c(=O)[nH]c(=O)c2c1nc(N1CCCC(N)C1)n2Cc1cccc(F)c1. The van der Waals surface area contributed by atoms with Gasteiger partial charge >= 0.3 is 5.69 Å². The first-order valence-corrected chi connectivity index (χ1v) is 8.88. The molecule has 0 amide bonds. The number of piperidine rings is 1. The first-order chi connectivity index (χ1) is 12.9. The lowest BCUT2D eigenvalue weighted by Crippen LogP contribution is -2.44. The second-order valence-electron chi connectivity index (χ2n) is 6.97. The average molecular weight is 372 g/mol. The molecule has 0 aliphatic carbocycles. The van der Waals surface area contributed by atoms with E-state index in [-0.39, 0.29) is 23.9 Å². The summed E-state index contributed by atoms with van der Waals surface area (Å²) in [6, 6.07) is 6.23. The lowest BCUT2D eigenvalue weighted by Gasteiger charge is -2.31. The van der Waals surface area contributed by atoms with Gasteiger partial charge in [0.15, 0.2) is 11.2 Å². The maximum Gasteiger partial charge on any atom is 0.329 e. The zero-order chi connectivity index (χ0) is 19.1. The van der Waals surface area contributed by atoms with Crippen molar-refractivity contribution >= 4 is 17.1 Å². The second kappa shape index (κ2) is 6.66. The number of benzene rings is 1. The van der Waals surface area contributed by atoms with E-state index < -0.39 is 11.2 Å². The van der Waals surface area contributed by atoms with Crippen LogP contribution in [0.2, 0.25) is 0 Å². The Morgan fingerprint density at radius 1 is 1.37 bits per heavy atom. The van der Waals surface area contributed by atoms with E-state index in [1.807, 2.05) is 4.90 Å². The molecule has 1 atom stereocenters. The molecule has 0 spiro atoms. The largest absolute Gasteiger partial charge is 0.341 e. The Hall–Kier alpha value is -2.94. The van der Waals surface area contributed by atoms with Crippen molar-refractivity contribution in [2.24, 2.45) is 12.8 Å². The van der Waals surface area contributed by atoms with Crippen LogP contribution in [0.4, 0.5) is 10.3 Å². The molecule has 0 radical (unpaired) electrons. The molecule has 1 fully saturated rings. The molecule has 1 aromatic carbocycles. The van der Waals surface area contributed by atoms with E-state index in [0.29, 0.717) is 23.7 Å². The predicted octanol–water partition coefficient (Wildman–Crippen LogP) is 0.538. The number of nitrogens with one attached hydrogen (secondary N) is 1. The second-order valence-corrected chi connectivity index (χ2v) is 6.97. The van der Waals surface area contributed by atoms with Gasteiger partial charge in [0.1, 0.15) is 5.82 Å². The van der Waals surface area contributed by atoms with Gasteiger partial charge in [0, 0.05) is 26.2 Å². The lowest BCUT2D eigenvalue weighted by molar-refractivity contribution is 0.495. The number of aryl methyl sites for hydroxylation is 1. The molecule has 1 unspecified atom stereocenters. The Labute approximate surface area is 154 Å². The highest BCUT2D eigenvalue weighted by Crippen LogP contribution is 2.24. The van der Waals surface area contributed by atoms with E-state index in [2.05, 4.69) is 9.97 Å². The van der Waals surface area contributed by atoms with Crippen molar-refractivity contribution in [3.63, 3.8) is 0 Å². The summed E-state index contributed by atoms with van der Waals surface area (Å²) in [4.78, 5) is 33.5. The van der Waals surface area contributed by atoms with E-state index in [4.69, 9.17) is 5.73 Å². The highest BCUT2D eigenvalue weighted by Gasteiger charge is 2.25. The van der Waals surface area contributed by atoms with Gasteiger partial charge in [-0.15, -0.1) is 0 Å². The van der Waals surface area contributed by atoms with Crippen LogP contribution in [-0.2, 0) is 13.6 Å². The third-order valence-electron chi connectivity index (χ3n) is 4.96. The van der Waals surface area contributed by atoms with Crippen molar-refractivity contribution < 1.29 is 4.39 Å². The fraction of sp³-hybridized carbons (Fsp3) is 0.389. The van der Waals surface area contributed by atoms with E-state index in [0.717, 1.165) is 19.4 Å². The van der Waals surface area contributed by atoms with E-state index in [1.54, 1.807) is 23.7 Å². The van der Waals surface area contributed by atoms with Gasteiger partial charge in [-0.2, -0.15) is 4.98 Å². The summed E-state index contributed by atoms with van der Waals surface area (Å²) in [5.41, 5.74) is 6.37. The molecule has 3 N–H and O–H groups in total. The Kier molecular flexibility index (Phi) is 4.31. The summed E-state index contributed by atoms with van der Waals surface area (Å²) in [5, 5.41) is 0. The number of halogens is 1. The van der Waals surface area contributed by atoms with Crippen LogP contribution in [0.5, 0.6) is 0 Å². The number of aromatic nitrogens is 4. The van der Waals surface area contributed by atoms with Crippen LogP contribution in [0.1, 0.15) is 18.4 Å². The minimum absolute atomic E-state index is 0.0169. The van der Waals surface area contributed by atoms with Crippen molar-refractivity contribution in [1.82, 2.24) is 19.1 Å². The number of imidazole rings is 1. The van der Waals surface area contributed by atoms with Crippen LogP contribution in [0.3, 0.4) is 0 Å². The van der Waals surface area contributed by atoms with Gasteiger partial charge in [0.2, 0.25) is 5.95 Å². The number of hydrogen-bond donors (Lipinski definition) is 2. The van der Waals surface area contributed by atoms with Gasteiger partial charge in [-0.1, -0.05) is 12.1 Å². The van der Waals surface area contributed by atoms with E-state index in [9.17, 15) is 14.0 Å². The van der Waals surface area contributed by atoms with Crippen molar-refractivity contribution in [2.75, 3.05) is 18.0 Å². The summed E-state index contributed by atoms with van der Waals surface area (Å²) in [6.45, 7) is 1.63. The van der Waals surface area contributed by atoms with E-state index in [1.165, 1.54) is 16.7 Å². The minimum atomic E-state index is -0.523. The summed E-state index contributed by atoms with van der Waals surface area (Å²) < 4.78 is 16.7. The molecule has 8 nitrogen and oxygen atoms in total. The Morgan fingerprint density at radius 3 is 2.93 bits per heavy atom. The van der Waals surface area contributed by atoms with E-state index >= 15 is 0 Å². The molecule has 0 bridgehead atoms. The number of nitrogens with two attached hydrogens (primary N) is 1. The number of fused-ring (bicyclic) bond motifs is 1. The van der Waals surface area contributed by atoms with Crippen molar-refractivity contribution in [1.29, 1.82) is 0 Å². The summed E-state index contributed by atoms with van der Waals surface area (Å²) in [6.07, 6.45) is 1.85. The number of aromatic amines is 1. The fourth-order valence-electron chi connectivity index (χ4n) is 3.62. The molecule has 27 heavy (non-hydrogen) atoms. The molecule has 9 heteroatoms. The molecule has 3 heterocycles. The van der Waals surface area contributed by atoms with Crippen molar-refractivity contribution in [3.8, 4) is 0 Å². The van der Waals surface area contributed by atoms with Gasteiger partial charge in [0.25, 0.3) is 5.56 Å². The van der Waals surface area contributed by atoms with Gasteiger partial charge in [0.05, 0.1) is 6.54 Å². The number of anilines is 1. The topological polar surface area (TPSA) is 102 Å². The van der Waals surface area contributed by atoms with Crippen LogP contribution in [0.25, 0.3) is 11.2 Å². The molecule has 1 aliphatic heterocycles. The number of nitrogens with zero attached hydrogens (tertiary/aromatic N) is 4.